The van der Waals surface area contributed by atoms with Crippen molar-refractivity contribution in [3.8, 4) is 10.6 Å². The van der Waals surface area contributed by atoms with E-state index >= 15 is 0 Å². The zero-order chi connectivity index (χ0) is 13.8. The van der Waals surface area contributed by atoms with E-state index < -0.39 is 11.8 Å². The van der Waals surface area contributed by atoms with E-state index in [1.165, 1.54) is 11.3 Å². The first-order chi connectivity index (χ1) is 9.13. The van der Waals surface area contributed by atoms with Crippen LogP contribution in [0.3, 0.4) is 0 Å². The van der Waals surface area contributed by atoms with Crippen LogP contribution in [0.1, 0.15) is 22.3 Å². The van der Waals surface area contributed by atoms with Gasteiger partial charge in [-0.05, 0) is 13.8 Å². The van der Waals surface area contributed by atoms with Crippen molar-refractivity contribution in [3.63, 3.8) is 0 Å². The summed E-state index contributed by atoms with van der Waals surface area (Å²) in [4.78, 5) is 28.0. The summed E-state index contributed by atoms with van der Waals surface area (Å²) in [5.74, 6) is -1.45. The van der Waals surface area contributed by atoms with E-state index in [4.69, 9.17) is 4.74 Å². The zero-order valence-corrected chi connectivity index (χ0v) is 11.5. The number of hydrogen-bond donors (Lipinski definition) is 0. The maximum Gasteiger partial charge on any atom is 0.380 e. The van der Waals surface area contributed by atoms with Crippen LogP contribution in [0, 0.1) is 6.92 Å². The maximum absolute atomic E-state index is 11.9. The molecule has 0 amide bonds. The van der Waals surface area contributed by atoms with Gasteiger partial charge < -0.3 is 4.74 Å². The molecular formula is C14H13NO3S. The Morgan fingerprint density at radius 1 is 1.26 bits per heavy atom. The Morgan fingerprint density at radius 3 is 2.58 bits per heavy atom. The summed E-state index contributed by atoms with van der Waals surface area (Å²) in [6.45, 7) is 3.57. The molecule has 0 spiro atoms. The van der Waals surface area contributed by atoms with E-state index in [2.05, 4.69) is 4.98 Å². The minimum atomic E-state index is -0.825. The standard InChI is InChI=1S/C14H13NO3S/c1-3-18-14(17)11(16)12-9(2)15-13(19-12)10-7-5-4-6-8-10/h4-8H,3H2,1-2H3. The van der Waals surface area contributed by atoms with Crippen LogP contribution in [0.2, 0.25) is 0 Å². The number of aromatic nitrogens is 1. The van der Waals surface area contributed by atoms with Gasteiger partial charge in [-0.25, -0.2) is 9.78 Å². The number of nitrogens with zero attached hydrogens (tertiary/aromatic N) is 1. The maximum atomic E-state index is 11.9. The lowest BCUT2D eigenvalue weighted by Crippen LogP contribution is -2.17. The third-order valence-electron chi connectivity index (χ3n) is 2.48. The molecule has 1 aromatic heterocycles. The van der Waals surface area contributed by atoms with Crippen LogP contribution in [-0.4, -0.2) is 23.3 Å². The molecule has 0 fully saturated rings. The van der Waals surface area contributed by atoms with Gasteiger partial charge in [0.05, 0.1) is 12.3 Å². The smallest absolute Gasteiger partial charge is 0.380 e. The molecule has 1 aromatic carbocycles. The lowest BCUT2D eigenvalue weighted by atomic mass is 10.2. The molecular weight excluding hydrogens is 262 g/mol. The number of hydrogen-bond acceptors (Lipinski definition) is 5. The number of carbonyl (C=O) groups is 2. The lowest BCUT2D eigenvalue weighted by molar-refractivity contribution is -0.137. The fraction of sp³-hybridized carbons (Fsp3) is 0.214. The van der Waals surface area contributed by atoms with Crippen LogP contribution in [0.5, 0.6) is 0 Å². The molecule has 0 saturated carbocycles. The molecule has 0 N–H and O–H groups in total. The molecule has 0 saturated heterocycles. The molecule has 0 atom stereocenters. The van der Waals surface area contributed by atoms with Crippen LogP contribution in [-0.2, 0) is 9.53 Å². The van der Waals surface area contributed by atoms with Gasteiger partial charge in [-0.15, -0.1) is 11.3 Å². The number of Topliss-reactive ketones (excluding diaryl/α,β-unsaturated/α-hetero) is 1. The second-order valence-electron chi connectivity index (χ2n) is 3.85. The van der Waals surface area contributed by atoms with E-state index in [1.807, 2.05) is 30.3 Å². The molecule has 0 bridgehead atoms. The normalized spacial score (nSPS) is 10.2. The van der Waals surface area contributed by atoms with Crippen molar-refractivity contribution >= 4 is 23.1 Å². The average molecular weight is 275 g/mol. The van der Waals surface area contributed by atoms with Gasteiger partial charge in [-0.3, -0.25) is 4.79 Å². The summed E-state index contributed by atoms with van der Waals surface area (Å²) in [5, 5.41) is 0.728. The molecule has 0 aliphatic heterocycles. The Labute approximate surface area is 115 Å². The summed E-state index contributed by atoms with van der Waals surface area (Å²) in [6, 6.07) is 9.54. The monoisotopic (exact) mass is 275 g/mol. The Bertz CT molecular complexity index is 604. The van der Waals surface area contributed by atoms with Crippen LogP contribution in [0.15, 0.2) is 30.3 Å². The van der Waals surface area contributed by atoms with Gasteiger partial charge in [0, 0.05) is 5.56 Å². The highest BCUT2D eigenvalue weighted by molar-refractivity contribution is 7.17. The molecule has 2 aromatic rings. The fourth-order valence-electron chi connectivity index (χ4n) is 1.60. The number of thiazole rings is 1. The minimum absolute atomic E-state index is 0.188. The summed E-state index contributed by atoms with van der Waals surface area (Å²) < 4.78 is 4.72. The number of ketones is 1. The van der Waals surface area contributed by atoms with Crippen LogP contribution in [0.25, 0.3) is 10.6 Å². The number of aryl methyl sites for hydroxylation is 1. The molecule has 98 valence electrons. The Morgan fingerprint density at radius 2 is 1.95 bits per heavy atom. The first-order valence-corrected chi connectivity index (χ1v) is 6.69. The predicted octanol–water partition coefficient (Wildman–Crippen LogP) is 2.86. The largest absolute Gasteiger partial charge is 0.460 e. The van der Waals surface area contributed by atoms with Gasteiger partial charge in [-0.1, -0.05) is 30.3 Å². The van der Waals surface area contributed by atoms with E-state index in [-0.39, 0.29) is 6.61 Å². The van der Waals surface area contributed by atoms with Crippen molar-refractivity contribution in [3.05, 3.63) is 40.9 Å². The Kier molecular flexibility index (Phi) is 4.06. The molecule has 0 aliphatic carbocycles. The van der Waals surface area contributed by atoms with Crippen molar-refractivity contribution in [2.45, 2.75) is 13.8 Å². The van der Waals surface area contributed by atoms with Gasteiger partial charge in [0.2, 0.25) is 0 Å². The number of rotatable bonds is 4. The highest BCUT2D eigenvalue weighted by Gasteiger charge is 2.23. The number of ether oxygens (including phenoxy) is 1. The van der Waals surface area contributed by atoms with E-state index in [9.17, 15) is 9.59 Å². The zero-order valence-electron chi connectivity index (χ0n) is 10.7. The van der Waals surface area contributed by atoms with Crippen LogP contribution >= 0.6 is 11.3 Å². The summed E-state index contributed by atoms with van der Waals surface area (Å²) in [6.07, 6.45) is 0. The topological polar surface area (TPSA) is 56.3 Å². The summed E-state index contributed by atoms with van der Waals surface area (Å²) >= 11 is 1.21. The molecule has 1 heterocycles. The van der Waals surface area contributed by atoms with Crippen LogP contribution < -0.4 is 0 Å². The first kappa shape index (κ1) is 13.4. The van der Waals surface area contributed by atoms with Crippen molar-refractivity contribution in [1.29, 1.82) is 0 Å². The van der Waals surface area contributed by atoms with Gasteiger partial charge in [-0.2, -0.15) is 0 Å². The van der Waals surface area contributed by atoms with Crippen molar-refractivity contribution in [1.82, 2.24) is 4.98 Å². The second kappa shape index (κ2) is 5.75. The molecule has 4 nitrogen and oxygen atoms in total. The molecule has 0 unspecified atom stereocenters. The molecule has 19 heavy (non-hydrogen) atoms. The molecule has 5 heteroatoms. The predicted molar refractivity (Wildman–Crippen MR) is 73.3 cm³/mol. The highest BCUT2D eigenvalue weighted by Crippen LogP contribution is 2.28. The Balaban J connectivity index is 2.32. The molecule has 0 radical (unpaired) electrons. The summed E-state index contributed by atoms with van der Waals surface area (Å²) in [7, 11) is 0. The molecule has 2 rings (SSSR count). The van der Waals surface area contributed by atoms with Gasteiger partial charge >= 0.3 is 5.97 Å². The second-order valence-corrected chi connectivity index (χ2v) is 4.85. The first-order valence-electron chi connectivity index (χ1n) is 5.87. The van der Waals surface area contributed by atoms with E-state index in [0.29, 0.717) is 10.6 Å². The van der Waals surface area contributed by atoms with Crippen LogP contribution in [0.4, 0.5) is 0 Å². The van der Waals surface area contributed by atoms with Crippen molar-refractivity contribution in [2.75, 3.05) is 6.61 Å². The third-order valence-corrected chi connectivity index (χ3v) is 3.69. The van der Waals surface area contributed by atoms with E-state index in [0.717, 1.165) is 10.6 Å². The third kappa shape index (κ3) is 2.88. The Hall–Kier alpha value is -2.01. The minimum Gasteiger partial charge on any atom is -0.460 e. The number of carbonyl (C=O) groups excluding carboxylic acids is 2. The highest BCUT2D eigenvalue weighted by atomic mass is 32.1. The summed E-state index contributed by atoms with van der Waals surface area (Å²) in [5.41, 5.74) is 1.49. The number of esters is 1. The molecule has 0 aliphatic rings. The van der Waals surface area contributed by atoms with Crippen molar-refractivity contribution < 1.29 is 14.3 Å². The lowest BCUT2D eigenvalue weighted by Gasteiger charge is -1.98. The number of benzene rings is 1. The van der Waals surface area contributed by atoms with Gasteiger partial charge in [0.15, 0.2) is 0 Å². The fourth-order valence-corrected chi connectivity index (χ4v) is 2.60. The van der Waals surface area contributed by atoms with E-state index in [1.54, 1.807) is 13.8 Å². The van der Waals surface area contributed by atoms with Gasteiger partial charge in [0.25, 0.3) is 5.78 Å². The average Bonchev–Trinajstić information content (AvgIpc) is 2.81. The van der Waals surface area contributed by atoms with Gasteiger partial charge in [0.1, 0.15) is 9.88 Å². The quantitative estimate of drug-likeness (QED) is 0.489. The SMILES string of the molecule is CCOC(=O)C(=O)c1sc(-c2ccccc2)nc1C. The van der Waals surface area contributed by atoms with Crippen molar-refractivity contribution in [2.24, 2.45) is 0 Å².